The maximum absolute atomic E-state index is 5.43. The number of nitrogens with zero attached hydrogens (tertiary/aromatic N) is 3. The molecular weight excluding hydrogens is 191 g/mol. The van der Waals surface area contributed by atoms with Gasteiger partial charge in [0.15, 0.2) is 0 Å². The molecule has 68 valence electrons. The van der Waals surface area contributed by atoms with E-state index in [-0.39, 0.29) is 29.6 Å². The minimum absolute atomic E-state index is 0. The molecule has 0 radical (unpaired) electrons. The second-order valence-electron chi connectivity index (χ2n) is 2.57. The molecule has 0 aromatic carbocycles. The van der Waals surface area contributed by atoms with Crippen molar-refractivity contribution in [1.82, 2.24) is 19.9 Å². The molecule has 0 unspecified atom stereocenters. The molecule has 1 aliphatic rings. The van der Waals surface area contributed by atoms with Crippen LogP contribution in [0, 0.1) is 0 Å². The zero-order valence-electron chi connectivity index (χ0n) is 6.75. The van der Waals surface area contributed by atoms with Gasteiger partial charge in [-0.1, -0.05) is 0 Å². The Bertz CT molecular complexity index is 118. The van der Waals surface area contributed by atoms with Crippen LogP contribution >= 0.6 is 11.8 Å². The first kappa shape index (κ1) is 13.1. The first-order valence-electron chi connectivity index (χ1n) is 3.35. The third kappa shape index (κ3) is 3.87. The number of halogens is 1. The number of nitrogens with one attached hydrogen (secondary N) is 1. The van der Waals surface area contributed by atoms with Crippen LogP contribution in [-0.4, -0.2) is 78.7 Å². The van der Waals surface area contributed by atoms with E-state index in [0.29, 0.717) is 6.67 Å². The molecule has 1 aliphatic heterocycles. The molecule has 1 heterocycles. The van der Waals surface area contributed by atoms with Crippen molar-refractivity contribution in [2.45, 2.75) is 0 Å². The van der Waals surface area contributed by atoms with E-state index in [2.05, 4.69) is 9.84 Å². The van der Waals surface area contributed by atoms with E-state index in [1.54, 1.807) is 12.2 Å². The zero-order chi connectivity index (χ0) is 8.27. The Morgan fingerprint density at radius 2 is 2.00 bits per heavy atom. The van der Waals surface area contributed by atoms with Gasteiger partial charge >= 0.3 is 29.6 Å². The summed E-state index contributed by atoms with van der Waals surface area (Å²) < 4.78 is 0. The molecule has 0 bridgehead atoms. The van der Waals surface area contributed by atoms with E-state index in [0.717, 1.165) is 13.3 Å². The number of hydrogen-bond donors (Lipinski definition) is 1. The van der Waals surface area contributed by atoms with Crippen LogP contribution in [0.1, 0.15) is 0 Å². The fraction of sp³-hybridized carbons (Fsp3) is 1.00. The monoisotopic (exact) mass is 204 g/mol. The molecular formula is C5H14ClN4NaO. The Kier molecular flexibility index (Phi) is 7.12. The molecule has 1 fully saturated rings. The summed E-state index contributed by atoms with van der Waals surface area (Å²) in [5.41, 5.74) is 0. The summed E-state index contributed by atoms with van der Waals surface area (Å²) in [5.74, 6) is 0. The second-order valence-corrected chi connectivity index (χ2v) is 2.74. The molecule has 0 aromatic rings. The Hall–Kier alpha value is 1.09. The molecule has 12 heavy (non-hydrogen) atoms. The first-order valence-corrected chi connectivity index (χ1v) is 3.73. The third-order valence-corrected chi connectivity index (χ3v) is 1.76. The van der Waals surface area contributed by atoms with Crippen LogP contribution < -0.4 is 4.94 Å². The van der Waals surface area contributed by atoms with Crippen molar-refractivity contribution in [3.05, 3.63) is 0 Å². The number of rotatable bonds is 2. The molecule has 0 aromatic heterocycles. The van der Waals surface area contributed by atoms with Crippen molar-refractivity contribution in [1.29, 1.82) is 0 Å². The van der Waals surface area contributed by atoms with E-state index >= 15 is 0 Å². The first-order chi connectivity index (χ1) is 5.26. The standard InChI is InChI=1S/C5H13ClN4O.Na.H/c1-8-3-9(7-6)5-10(4-8)11-2;;/h7H,3-5H2,1-2H3;;. The van der Waals surface area contributed by atoms with Crippen LogP contribution in [0.5, 0.6) is 0 Å². The van der Waals surface area contributed by atoms with Crippen molar-refractivity contribution in [3.63, 3.8) is 0 Å². The van der Waals surface area contributed by atoms with Gasteiger partial charge in [-0.15, -0.1) is 0 Å². The summed E-state index contributed by atoms with van der Waals surface area (Å²) in [5, 5.41) is 3.62. The average molecular weight is 205 g/mol. The van der Waals surface area contributed by atoms with Crippen LogP contribution in [-0.2, 0) is 4.84 Å². The van der Waals surface area contributed by atoms with Gasteiger partial charge in [0.05, 0.1) is 27.1 Å². The Balaban J connectivity index is 0.00000121. The van der Waals surface area contributed by atoms with Crippen molar-refractivity contribution in [2.75, 3.05) is 34.2 Å². The fourth-order valence-corrected chi connectivity index (χ4v) is 1.16. The van der Waals surface area contributed by atoms with Crippen LogP contribution in [0.3, 0.4) is 0 Å². The summed E-state index contributed by atoms with van der Waals surface area (Å²) in [6.45, 7) is 2.26. The number of hydroxylamine groups is 2. The number of hydrogen-bond acceptors (Lipinski definition) is 5. The summed E-state index contributed by atoms with van der Waals surface area (Å²) >= 11 is 5.43. The third-order valence-electron chi connectivity index (χ3n) is 1.52. The predicted octanol–water partition coefficient (Wildman–Crippen LogP) is -1.02. The quantitative estimate of drug-likeness (QED) is 0.460. The van der Waals surface area contributed by atoms with E-state index in [1.165, 1.54) is 0 Å². The van der Waals surface area contributed by atoms with Crippen LogP contribution in [0.4, 0.5) is 0 Å². The normalized spacial score (nSPS) is 22.2. The Morgan fingerprint density at radius 3 is 2.50 bits per heavy atom. The van der Waals surface area contributed by atoms with Gasteiger partial charge in [0.25, 0.3) is 0 Å². The Labute approximate surface area is 99.9 Å². The topological polar surface area (TPSA) is 31.0 Å². The van der Waals surface area contributed by atoms with Gasteiger partial charge in [0.2, 0.25) is 0 Å². The maximum atomic E-state index is 5.43. The molecule has 0 aliphatic carbocycles. The van der Waals surface area contributed by atoms with E-state index < -0.39 is 0 Å². The van der Waals surface area contributed by atoms with Crippen molar-refractivity contribution in [2.24, 2.45) is 0 Å². The van der Waals surface area contributed by atoms with Crippen LogP contribution in [0.15, 0.2) is 0 Å². The molecule has 0 atom stereocenters. The van der Waals surface area contributed by atoms with Gasteiger partial charge in [0, 0.05) is 0 Å². The molecule has 1 saturated heterocycles. The van der Waals surface area contributed by atoms with Gasteiger partial charge < -0.3 is 0 Å². The van der Waals surface area contributed by atoms with E-state index in [9.17, 15) is 0 Å². The SMILES string of the molecule is CON1CN(C)CN(NCl)C1.[NaH]. The summed E-state index contributed by atoms with van der Waals surface area (Å²) in [6, 6.07) is 0. The van der Waals surface area contributed by atoms with Gasteiger partial charge in [-0.2, -0.15) is 15.0 Å². The summed E-state index contributed by atoms with van der Waals surface area (Å²) in [6.07, 6.45) is 0. The van der Waals surface area contributed by atoms with E-state index in [4.69, 9.17) is 16.6 Å². The van der Waals surface area contributed by atoms with Crippen molar-refractivity contribution < 1.29 is 4.84 Å². The van der Waals surface area contributed by atoms with Gasteiger partial charge in [0.1, 0.15) is 0 Å². The molecule has 0 saturated carbocycles. The van der Waals surface area contributed by atoms with Gasteiger partial charge in [-0.3, -0.25) is 9.74 Å². The predicted molar refractivity (Wildman–Crippen MR) is 49.2 cm³/mol. The molecule has 1 N–H and O–H groups in total. The van der Waals surface area contributed by atoms with Crippen molar-refractivity contribution in [3.8, 4) is 0 Å². The molecule has 0 spiro atoms. The van der Waals surface area contributed by atoms with Crippen LogP contribution in [0.2, 0.25) is 0 Å². The van der Waals surface area contributed by atoms with Crippen LogP contribution in [0.25, 0.3) is 0 Å². The molecule has 1 rings (SSSR count). The summed E-state index contributed by atoms with van der Waals surface area (Å²) in [7, 11) is 3.64. The zero-order valence-corrected chi connectivity index (χ0v) is 7.51. The molecule has 5 nitrogen and oxygen atoms in total. The van der Waals surface area contributed by atoms with Crippen molar-refractivity contribution >= 4 is 41.3 Å². The molecule has 7 heteroatoms. The summed E-state index contributed by atoms with van der Waals surface area (Å²) in [4.78, 5) is 9.66. The van der Waals surface area contributed by atoms with Gasteiger partial charge in [-0.25, -0.2) is 0 Å². The van der Waals surface area contributed by atoms with Gasteiger partial charge in [-0.05, 0) is 18.8 Å². The Morgan fingerprint density at radius 1 is 1.33 bits per heavy atom. The fourth-order valence-electron chi connectivity index (χ4n) is 1.05. The molecule has 0 amide bonds. The minimum atomic E-state index is 0. The number of hydrazine groups is 1. The average Bonchev–Trinajstić information content (AvgIpc) is 2.03. The second kappa shape index (κ2) is 6.53. The van der Waals surface area contributed by atoms with E-state index in [1.807, 2.05) is 12.1 Å².